The number of nitrogens with zero attached hydrogens (tertiary/aromatic N) is 2. The van der Waals surface area contributed by atoms with Gasteiger partial charge in [-0.1, -0.05) is 37.0 Å². The first-order valence-electron chi connectivity index (χ1n) is 4.77. The zero-order valence-corrected chi connectivity index (χ0v) is 11.6. The number of alkyl halides is 1. The Bertz CT molecular complexity index is 424. The predicted octanol–water partition coefficient (Wildman–Crippen LogP) is 2.84. The lowest BCUT2D eigenvalue weighted by molar-refractivity contribution is -0.142. The number of hydrogen-bond acceptors (Lipinski definition) is 4. The van der Waals surface area contributed by atoms with Gasteiger partial charge in [0.2, 0.25) is 0 Å². The number of rotatable bonds is 4. The zero-order valence-electron chi connectivity index (χ0n) is 9.34. The van der Waals surface area contributed by atoms with Gasteiger partial charge >= 0.3 is 5.97 Å². The highest BCUT2D eigenvalue weighted by Gasteiger charge is 2.26. The van der Waals surface area contributed by atoms with Crippen LogP contribution in [0.4, 0.5) is 0 Å². The van der Waals surface area contributed by atoms with E-state index in [1.54, 1.807) is 6.07 Å². The van der Waals surface area contributed by atoms with Gasteiger partial charge in [0.1, 0.15) is 12.5 Å². The fourth-order valence-electron chi connectivity index (χ4n) is 1.20. The van der Waals surface area contributed by atoms with Crippen molar-refractivity contribution in [2.75, 3.05) is 12.5 Å². The number of halogens is 3. The molecule has 1 heterocycles. The highest BCUT2D eigenvalue weighted by molar-refractivity contribution is 6.31. The van der Waals surface area contributed by atoms with Gasteiger partial charge in [0, 0.05) is 11.0 Å². The molecule has 1 aromatic heterocycles. The molecule has 0 spiro atoms. The van der Waals surface area contributed by atoms with Crippen LogP contribution < -0.4 is 0 Å². The van der Waals surface area contributed by atoms with E-state index in [-0.39, 0.29) is 22.8 Å². The minimum atomic E-state index is -0.515. The standard InChI is InChI=1S/C10H11Cl3N2O2/c1-10(2,5-17-8(16)4-11)6-3-7(12)14-15-9(6)13/h3H,4-5H2,1-2H3. The van der Waals surface area contributed by atoms with Crippen LogP contribution in [-0.4, -0.2) is 28.7 Å². The fourth-order valence-corrected chi connectivity index (χ4v) is 1.78. The lowest BCUT2D eigenvalue weighted by Crippen LogP contribution is -2.27. The topological polar surface area (TPSA) is 52.1 Å². The maximum absolute atomic E-state index is 11.0. The lowest BCUT2D eigenvalue weighted by Gasteiger charge is -2.24. The molecule has 0 amide bonds. The molecule has 0 aliphatic heterocycles. The van der Waals surface area contributed by atoms with Crippen molar-refractivity contribution in [3.8, 4) is 0 Å². The molecule has 17 heavy (non-hydrogen) atoms. The molecule has 0 fully saturated rings. The average Bonchev–Trinajstić information content (AvgIpc) is 2.29. The van der Waals surface area contributed by atoms with Gasteiger partial charge in [-0.3, -0.25) is 4.79 Å². The monoisotopic (exact) mass is 296 g/mol. The van der Waals surface area contributed by atoms with Gasteiger partial charge in [-0.05, 0) is 6.07 Å². The number of ether oxygens (including phenoxy) is 1. The van der Waals surface area contributed by atoms with Crippen molar-refractivity contribution in [2.45, 2.75) is 19.3 Å². The molecule has 0 aromatic carbocycles. The first kappa shape index (κ1) is 14.5. The fraction of sp³-hybridized carbons (Fsp3) is 0.500. The zero-order chi connectivity index (χ0) is 13.1. The molecule has 0 aliphatic rings. The Morgan fingerprint density at radius 2 is 2.06 bits per heavy atom. The van der Waals surface area contributed by atoms with E-state index in [1.165, 1.54) is 0 Å². The van der Waals surface area contributed by atoms with E-state index in [2.05, 4.69) is 10.2 Å². The van der Waals surface area contributed by atoms with Crippen molar-refractivity contribution >= 4 is 40.8 Å². The maximum atomic E-state index is 11.0. The van der Waals surface area contributed by atoms with Gasteiger partial charge in [-0.2, -0.15) is 0 Å². The first-order chi connectivity index (χ1) is 7.86. The van der Waals surface area contributed by atoms with Crippen molar-refractivity contribution in [3.05, 3.63) is 21.9 Å². The molecule has 0 aliphatic carbocycles. The molecular formula is C10H11Cl3N2O2. The van der Waals surface area contributed by atoms with E-state index >= 15 is 0 Å². The second-order valence-electron chi connectivity index (χ2n) is 4.05. The third kappa shape index (κ3) is 3.98. The van der Waals surface area contributed by atoms with Crippen LogP contribution in [0.2, 0.25) is 10.3 Å². The Morgan fingerprint density at radius 3 is 2.65 bits per heavy atom. The summed E-state index contributed by atoms with van der Waals surface area (Å²) in [6.07, 6.45) is 0. The number of aromatic nitrogens is 2. The van der Waals surface area contributed by atoms with E-state index in [0.29, 0.717) is 5.56 Å². The van der Waals surface area contributed by atoms with Gasteiger partial charge in [0.25, 0.3) is 0 Å². The van der Waals surface area contributed by atoms with Gasteiger partial charge in [-0.25, -0.2) is 0 Å². The molecule has 0 unspecified atom stereocenters. The van der Waals surface area contributed by atoms with Crippen molar-refractivity contribution in [2.24, 2.45) is 0 Å². The largest absolute Gasteiger partial charge is 0.464 e. The van der Waals surface area contributed by atoms with Gasteiger partial charge < -0.3 is 4.74 Å². The predicted molar refractivity (Wildman–Crippen MR) is 66.8 cm³/mol. The number of esters is 1. The SMILES string of the molecule is CC(C)(COC(=O)CCl)c1cc(Cl)nnc1Cl. The summed E-state index contributed by atoms with van der Waals surface area (Å²) in [6, 6.07) is 1.60. The summed E-state index contributed by atoms with van der Waals surface area (Å²) < 4.78 is 4.98. The van der Waals surface area contributed by atoms with Crippen LogP contribution in [-0.2, 0) is 14.9 Å². The van der Waals surface area contributed by atoms with Crippen LogP contribution in [0.1, 0.15) is 19.4 Å². The summed E-state index contributed by atoms with van der Waals surface area (Å²) in [6.45, 7) is 3.85. The van der Waals surface area contributed by atoms with E-state index in [1.807, 2.05) is 13.8 Å². The smallest absolute Gasteiger partial charge is 0.320 e. The Hall–Kier alpha value is -0.580. The van der Waals surface area contributed by atoms with Crippen molar-refractivity contribution < 1.29 is 9.53 Å². The third-order valence-corrected chi connectivity index (χ3v) is 2.83. The van der Waals surface area contributed by atoms with E-state index < -0.39 is 11.4 Å². The Labute approximate surface area is 114 Å². The minimum absolute atomic E-state index is 0.139. The molecule has 7 heteroatoms. The summed E-state index contributed by atoms with van der Waals surface area (Å²) in [4.78, 5) is 11.0. The average molecular weight is 298 g/mol. The summed E-state index contributed by atoms with van der Waals surface area (Å²) >= 11 is 17.0. The molecular weight excluding hydrogens is 286 g/mol. The van der Waals surface area contributed by atoms with Crippen LogP contribution in [0.15, 0.2) is 6.07 Å². The Kier molecular flexibility index (Phi) is 4.98. The number of carbonyl (C=O) groups excluding carboxylic acids is 1. The molecule has 0 N–H and O–H groups in total. The second-order valence-corrected chi connectivity index (χ2v) is 5.06. The maximum Gasteiger partial charge on any atom is 0.320 e. The normalized spacial score (nSPS) is 11.4. The van der Waals surface area contributed by atoms with Crippen molar-refractivity contribution in [3.63, 3.8) is 0 Å². The van der Waals surface area contributed by atoms with E-state index in [4.69, 9.17) is 39.5 Å². The van der Waals surface area contributed by atoms with Crippen LogP contribution in [0, 0.1) is 0 Å². The number of carbonyl (C=O) groups is 1. The van der Waals surface area contributed by atoms with E-state index in [0.717, 1.165) is 0 Å². The Balaban J connectivity index is 2.88. The lowest BCUT2D eigenvalue weighted by atomic mass is 9.87. The van der Waals surface area contributed by atoms with Gasteiger partial charge in [0.05, 0.1) is 0 Å². The summed E-state index contributed by atoms with van der Waals surface area (Å²) in [7, 11) is 0. The summed E-state index contributed by atoms with van der Waals surface area (Å²) in [5.74, 6) is -0.664. The first-order valence-corrected chi connectivity index (χ1v) is 6.06. The third-order valence-electron chi connectivity index (χ3n) is 2.15. The molecule has 94 valence electrons. The minimum Gasteiger partial charge on any atom is -0.464 e. The van der Waals surface area contributed by atoms with Gasteiger partial charge in [0.15, 0.2) is 10.3 Å². The van der Waals surface area contributed by atoms with Crippen molar-refractivity contribution in [1.82, 2.24) is 10.2 Å². The van der Waals surface area contributed by atoms with Crippen LogP contribution >= 0.6 is 34.8 Å². The molecule has 0 bridgehead atoms. The highest BCUT2D eigenvalue weighted by atomic mass is 35.5. The highest BCUT2D eigenvalue weighted by Crippen LogP contribution is 2.29. The quantitative estimate of drug-likeness (QED) is 0.633. The molecule has 0 saturated heterocycles. The van der Waals surface area contributed by atoms with Gasteiger partial charge in [-0.15, -0.1) is 21.8 Å². The molecule has 0 saturated carbocycles. The van der Waals surface area contributed by atoms with Crippen molar-refractivity contribution in [1.29, 1.82) is 0 Å². The van der Waals surface area contributed by atoms with Crippen LogP contribution in [0.5, 0.6) is 0 Å². The number of hydrogen-bond donors (Lipinski definition) is 0. The molecule has 1 rings (SSSR count). The molecule has 1 aromatic rings. The van der Waals surface area contributed by atoms with E-state index in [9.17, 15) is 4.79 Å². The van der Waals surface area contributed by atoms with Crippen LogP contribution in [0.25, 0.3) is 0 Å². The molecule has 0 atom stereocenters. The molecule has 0 radical (unpaired) electrons. The second kappa shape index (κ2) is 5.85. The summed E-state index contributed by atoms with van der Waals surface area (Å²) in [5.41, 5.74) is 0.153. The van der Waals surface area contributed by atoms with Crippen LogP contribution in [0.3, 0.4) is 0 Å². The molecule has 4 nitrogen and oxygen atoms in total. The summed E-state index contributed by atoms with van der Waals surface area (Å²) in [5, 5.41) is 7.80. The Morgan fingerprint density at radius 1 is 1.41 bits per heavy atom.